The molecule has 0 bridgehead atoms. The number of ketones is 1. The first-order chi connectivity index (χ1) is 15.6. The van der Waals surface area contributed by atoms with Crippen molar-refractivity contribution in [2.75, 3.05) is 6.26 Å². The molecule has 10 heteroatoms. The predicted molar refractivity (Wildman–Crippen MR) is 120 cm³/mol. The smallest absolute Gasteiger partial charge is 0.408 e. The third-order valence-electron chi connectivity index (χ3n) is 5.46. The maximum atomic E-state index is 13.4. The van der Waals surface area contributed by atoms with E-state index in [1.54, 1.807) is 36.4 Å². The minimum Gasteiger partial charge on any atom is -0.481 e. The van der Waals surface area contributed by atoms with E-state index in [9.17, 15) is 27.9 Å². The van der Waals surface area contributed by atoms with Crippen molar-refractivity contribution in [1.29, 1.82) is 0 Å². The lowest BCUT2D eigenvalue weighted by atomic mass is 9.87. The lowest BCUT2D eigenvalue weighted by Gasteiger charge is -2.27. The van der Waals surface area contributed by atoms with Gasteiger partial charge < -0.3 is 15.2 Å². The van der Waals surface area contributed by atoms with Crippen molar-refractivity contribution < 1.29 is 32.6 Å². The number of fused-ring (bicyclic) bond motifs is 1. The van der Waals surface area contributed by atoms with E-state index in [-0.39, 0.29) is 6.61 Å². The Morgan fingerprint density at radius 3 is 2.42 bits per heavy atom. The Kier molecular flexibility index (Phi) is 7.83. The molecule has 1 aliphatic rings. The molecule has 3 atom stereocenters. The van der Waals surface area contributed by atoms with Gasteiger partial charge >= 0.3 is 12.1 Å². The van der Waals surface area contributed by atoms with Gasteiger partial charge in [-0.2, -0.15) is 0 Å². The molecule has 0 radical (unpaired) electrons. The number of amides is 1. The number of hydrogen-bond acceptors (Lipinski definition) is 6. The van der Waals surface area contributed by atoms with Crippen molar-refractivity contribution >= 4 is 27.9 Å². The van der Waals surface area contributed by atoms with Crippen LogP contribution in [0.1, 0.15) is 35.4 Å². The summed E-state index contributed by atoms with van der Waals surface area (Å²) in [7, 11) is -3.81. The standard InChI is InChI=1S/C23H26N2O7S/c1-33(30,31)25-21(18-12-11-16-9-5-6-10-17(16)18)22(28)19(13-20(26)27)24-23(29)32-14-15-7-3-2-4-8-15/h2-10,18-19,21,25H,11-14H2,1H3,(H,24,29)(H,26,27). The normalized spacial score (nSPS) is 16.9. The van der Waals surface area contributed by atoms with Crippen LogP contribution in [0.5, 0.6) is 0 Å². The van der Waals surface area contributed by atoms with Crippen LogP contribution in [0.2, 0.25) is 0 Å². The van der Waals surface area contributed by atoms with Crippen LogP contribution >= 0.6 is 0 Å². The first-order valence-corrected chi connectivity index (χ1v) is 12.3. The average molecular weight is 475 g/mol. The van der Waals surface area contributed by atoms with Crippen LogP contribution in [-0.2, 0) is 37.4 Å². The summed E-state index contributed by atoms with van der Waals surface area (Å²) in [6.45, 7) is -0.0678. The molecular formula is C23H26N2O7S. The number of Topliss-reactive ketones (excluding diaryl/α,β-unsaturated/α-hetero) is 1. The van der Waals surface area contributed by atoms with E-state index in [0.717, 1.165) is 17.4 Å². The largest absolute Gasteiger partial charge is 0.481 e. The molecule has 9 nitrogen and oxygen atoms in total. The number of benzene rings is 2. The molecular weight excluding hydrogens is 448 g/mol. The van der Waals surface area contributed by atoms with Gasteiger partial charge in [-0.1, -0.05) is 54.6 Å². The second kappa shape index (κ2) is 10.6. The third-order valence-corrected chi connectivity index (χ3v) is 6.14. The first kappa shape index (κ1) is 24.4. The minimum absolute atomic E-state index is 0.0678. The SMILES string of the molecule is CS(=O)(=O)NC(C(=O)C(CC(=O)O)NC(=O)OCc1ccccc1)C1CCc2ccccc21. The van der Waals surface area contributed by atoms with Gasteiger partial charge in [-0.25, -0.2) is 17.9 Å². The fourth-order valence-electron chi connectivity index (χ4n) is 4.03. The minimum atomic E-state index is -3.81. The van der Waals surface area contributed by atoms with Crippen LogP contribution in [0.4, 0.5) is 4.79 Å². The number of carboxylic acids is 1. The maximum Gasteiger partial charge on any atom is 0.408 e. The maximum absolute atomic E-state index is 13.4. The molecule has 1 aliphatic carbocycles. The lowest BCUT2D eigenvalue weighted by Crippen LogP contribution is -2.53. The van der Waals surface area contributed by atoms with Crippen LogP contribution in [-0.4, -0.2) is 49.7 Å². The molecule has 3 unspecified atom stereocenters. The van der Waals surface area contributed by atoms with Crippen LogP contribution in [0, 0.1) is 0 Å². The van der Waals surface area contributed by atoms with Crippen LogP contribution in [0.15, 0.2) is 54.6 Å². The van der Waals surface area contributed by atoms with Crippen LogP contribution in [0.25, 0.3) is 0 Å². The number of hydrogen-bond donors (Lipinski definition) is 3. The second-order valence-corrected chi connectivity index (χ2v) is 9.75. The monoisotopic (exact) mass is 474 g/mol. The van der Waals surface area contributed by atoms with E-state index in [4.69, 9.17) is 4.74 Å². The number of alkyl carbamates (subject to hydrolysis) is 1. The number of ether oxygens (including phenoxy) is 1. The molecule has 33 heavy (non-hydrogen) atoms. The van der Waals surface area contributed by atoms with Gasteiger partial charge in [0.05, 0.1) is 18.7 Å². The van der Waals surface area contributed by atoms with Gasteiger partial charge in [-0.05, 0) is 29.5 Å². The quantitative estimate of drug-likeness (QED) is 0.478. The highest BCUT2D eigenvalue weighted by molar-refractivity contribution is 7.88. The molecule has 176 valence electrons. The van der Waals surface area contributed by atoms with Crippen molar-refractivity contribution in [2.45, 2.75) is 43.9 Å². The highest BCUT2D eigenvalue weighted by Crippen LogP contribution is 2.36. The van der Waals surface area contributed by atoms with Gasteiger partial charge in [0.25, 0.3) is 0 Å². The van der Waals surface area contributed by atoms with Gasteiger partial charge in [-0.15, -0.1) is 0 Å². The fraction of sp³-hybridized carbons (Fsp3) is 0.348. The molecule has 0 aliphatic heterocycles. The zero-order chi connectivity index (χ0) is 24.0. The molecule has 0 heterocycles. The van der Waals surface area contributed by atoms with Crippen molar-refractivity contribution in [3.05, 3.63) is 71.3 Å². The fourth-order valence-corrected chi connectivity index (χ4v) is 4.77. The summed E-state index contributed by atoms with van der Waals surface area (Å²) in [5.41, 5.74) is 2.54. The molecule has 0 fully saturated rings. The highest BCUT2D eigenvalue weighted by atomic mass is 32.2. The Bertz CT molecular complexity index is 1120. The van der Waals surface area contributed by atoms with Crippen molar-refractivity contribution in [3.8, 4) is 0 Å². The summed E-state index contributed by atoms with van der Waals surface area (Å²) < 4.78 is 31.6. The van der Waals surface area contributed by atoms with E-state index in [0.29, 0.717) is 18.4 Å². The Labute approximate surface area is 192 Å². The second-order valence-electron chi connectivity index (χ2n) is 7.97. The molecule has 0 saturated carbocycles. The van der Waals surface area contributed by atoms with Gasteiger partial charge in [-0.3, -0.25) is 9.59 Å². The third kappa shape index (κ3) is 6.87. The zero-order valence-corrected chi connectivity index (χ0v) is 18.9. The van der Waals surface area contributed by atoms with Crippen LogP contribution < -0.4 is 10.0 Å². The zero-order valence-electron chi connectivity index (χ0n) is 18.1. The number of carboxylic acid groups (broad SMARTS) is 1. The molecule has 3 N–H and O–H groups in total. The van der Waals surface area contributed by atoms with Crippen LogP contribution in [0.3, 0.4) is 0 Å². The number of aliphatic carboxylic acids is 1. The van der Waals surface area contributed by atoms with Gasteiger partial charge in [0.1, 0.15) is 12.6 Å². The van der Waals surface area contributed by atoms with E-state index < -0.39 is 52.3 Å². The predicted octanol–water partition coefficient (Wildman–Crippen LogP) is 1.97. The van der Waals surface area contributed by atoms with Crippen molar-refractivity contribution in [3.63, 3.8) is 0 Å². The molecule has 0 aromatic heterocycles. The summed E-state index contributed by atoms with van der Waals surface area (Å²) in [5, 5.41) is 11.6. The van der Waals surface area contributed by atoms with E-state index in [1.807, 2.05) is 18.2 Å². The summed E-state index contributed by atoms with van der Waals surface area (Å²) in [6.07, 6.45) is 0.420. The number of aryl methyl sites for hydroxylation is 1. The summed E-state index contributed by atoms with van der Waals surface area (Å²) in [6, 6.07) is 13.5. The molecule has 2 aromatic rings. The van der Waals surface area contributed by atoms with Gasteiger partial charge in [0, 0.05) is 5.92 Å². The van der Waals surface area contributed by atoms with Crippen molar-refractivity contribution in [1.82, 2.24) is 10.0 Å². The van der Waals surface area contributed by atoms with E-state index >= 15 is 0 Å². The Balaban J connectivity index is 1.80. The Hall–Kier alpha value is -3.24. The van der Waals surface area contributed by atoms with Crippen molar-refractivity contribution in [2.24, 2.45) is 0 Å². The Morgan fingerprint density at radius 2 is 1.76 bits per heavy atom. The molecule has 0 spiro atoms. The number of carbonyl (C=O) groups is 3. The number of sulfonamides is 1. The van der Waals surface area contributed by atoms with E-state index in [1.165, 1.54) is 0 Å². The summed E-state index contributed by atoms with van der Waals surface area (Å²) >= 11 is 0. The Morgan fingerprint density at radius 1 is 1.09 bits per heavy atom. The van der Waals surface area contributed by atoms with Gasteiger partial charge in [0.2, 0.25) is 10.0 Å². The molecule has 1 amide bonds. The topological polar surface area (TPSA) is 139 Å². The molecule has 3 rings (SSSR count). The lowest BCUT2D eigenvalue weighted by molar-refractivity contribution is -0.139. The number of rotatable bonds is 10. The molecule has 0 saturated heterocycles. The van der Waals surface area contributed by atoms with E-state index in [2.05, 4.69) is 10.0 Å². The first-order valence-electron chi connectivity index (χ1n) is 10.4. The number of carbonyl (C=O) groups excluding carboxylic acids is 2. The average Bonchev–Trinajstić information content (AvgIpc) is 3.19. The summed E-state index contributed by atoms with van der Waals surface area (Å²) in [4.78, 5) is 37.1. The summed E-state index contributed by atoms with van der Waals surface area (Å²) in [5.74, 6) is -2.54. The van der Waals surface area contributed by atoms with Gasteiger partial charge in [0.15, 0.2) is 5.78 Å². The number of nitrogens with one attached hydrogen (secondary N) is 2. The highest BCUT2D eigenvalue weighted by Gasteiger charge is 2.40. The molecule has 2 aromatic carbocycles.